The van der Waals surface area contributed by atoms with Crippen LogP contribution in [0.3, 0.4) is 0 Å². The molecule has 1 amide bonds. The minimum atomic E-state index is -3.67. The first-order valence-electron chi connectivity index (χ1n) is 12.3. The number of unbranched alkanes of at least 4 members (excludes halogenated alkanes) is 1. The second-order valence-electron chi connectivity index (χ2n) is 9.04. The Kier molecular flexibility index (Phi) is 8.79. The quantitative estimate of drug-likeness (QED) is 0.330. The molecule has 11 heteroatoms. The summed E-state index contributed by atoms with van der Waals surface area (Å²) in [4.78, 5) is 13.2. The van der Waals surface area contributed by atoms with Gasteiger partial charge in [0.25, 0.3) is 5.91 Å². The average molecular weight is 566 g/mol. The molecule has 1 aliphatic rings. The monoisotopic (exact) mass is 564 g/mol. The molecule has 1 N–H and O–H groups in total. The molecule has 2 aromatic carbocycles. The molecule has 0 radical (unpaired) electrons. The lowest BCUT2D eigenvalue weighted by Crippen LogP contribution is -2.45. The van der Waals surface area contributed by atoms with Crippen molar-refractivity contribution in [2.24, 2.45) is 0 Å². The minimum Gasteiger partial charge on any atom is -0.382 e. The average Bonchev–Trinajstić information content (AvgIpc) is 3.20. The maximum absolute atomic E-state index is 13.2. The van der Waals surface area contributed by atoms with Crippen LogP contribution in [-0.2, 0) is 10.1 Å². The van der Waals surface area contributed by atoms with Gasteiger partial charge in [-0.3, -0.25) is 10.2 Å². The van der Waals surface area contributed by atoms with E-state index in [1.165, 1.54) is 0 Å². The van der Waals surface area contributed by atoms with E-state index in [2.05, 4.69) is 10.5 Å². The molecule has 1 aliphatic heterocycles. The summed E-state index contributed by atoms with van der Waals surface area (Å²) in [6, 6.07) is 11.7. The van der Waals surface area contributed by atoms with Gasteiger partial charge in [0.15, 0.2) is 5.69 Å². The van der Waals surface area contributed by atoms with E-state index in [1.54, 1.807) is 47.1 Å². The first-order chi connectivity index (χ1) is 17.7. The van der Waals surface area contributed by atoms with Gasteiger partial charge in [-0.05, 0) is 68.7 Å². The Morgan fingerprint density at radius 3 is 2.43 bits per heavy atom. The number of benzene rings is 2. The number of hydrazine groups is 1. The number of nitrogens with zero attached hydrogens (tertiary/aromatic N) is 3. The van der Waals surface area contributed by atoms with Crippen molar-refractivity contribution in [3.63, 3.8) is 0 Å². The third-order valence-electron chi connectivity index (χ3n) is 6.19. The third-order valence-corrected chi connectivity index (χ3v) is 7.96. The Balaban J connectivity index is 1.71. The van der Waals surface area contributed by atoms with Crippen molar-refractivity contribution in [1.82, 2.24) is 20.2 Å². The topological polar surface area (TPSA) is 93.5 Å². The lowest BCUT2D eigenvalue weighted by molar-refractivity contribution is 0.0743. The van der Waals surface area contributed by atoms with E-state index in [0.29, 0.717) is 39.0 Å². The molecule has 0 saturated carbocycles. The number of aromatic nitrogens is 2. The van der Waals surface area contributed by atoms with Crippen LogP contribution in [0.15, 0.2) is 42.5 Å². The van der Waals surface area contributed by atoms with Crippen LogP contribution in [0.4, 0.5) is 0 Å². The molecular formula is C26H30Cl2N4O4S. The van der Waals surface area contributed by atoms with Crippen molar-refractivity contribution >= 4 is 39.2 Å². The number of halogens is 2. The lowest BCUT2D eigenvalue weighted by atomic mass is 10.1. The van der Waals surface area contributed by atoms with Gasteiger partial charge >= 0.3 is 10.1 Å². The van der Waals surface area contributed by atoms with Crippen molar-refractivity contribution in [1.29, 1.82) is 0 Å². The predicted molar refractivity (Wildman–Crippen MR) is 146 cm³/mol. The minimum absolute atomic E-state index is 0.0400. The maximum Gasteiger partial charge on any atom is 0.309 e. The number of hydrogen-bond acceptors (Lipinski definition) is 6. The van der Waals surface area contributed by atoms with Crippen LogP contribution in [0.2, 0.25) is 10.0 Å². The maximum atomic E-state index is 13.2. The standard InChI is InChI=1S/C26H30Cl2N4O4S/c1-3-4-16-37(34,35)36-21-11-8-19(9-12-21)25-18(2)24(26(33)30-31-14-6-5-7-15-31)29-32(25)23-13-10-20(27)17-22(23)28/h8-13,17H,3-7,14-16H2,1-2H3,(H,30,33). The number of carbonyl (C=O) groups is 1. The second-order valence-corrected chi connectivity index (χ2v) is 11.6. The van der Waals surface area contributed by atoms with Crippen LogP contribution in [0.5, 0.6) is 5.75 Å². The third kappa shape index (κ3) is 6.65. The van der Waals surface area contributed by atoms with E-state index in [-0.39, 0.29) is 23.1 Å². The molecular weight excluding hydrogens is 535 g/mol. The Hall–Kier alpha value is -2.59. The van der Waals surface area contributed by atoms with Crippen molar-refractivity contribution in [2.75, 3.05) is 18.8 Å². The summed E-state index contributed by atoms with van der Waals surface area (Å²) in [7, 11) is -3.67. The molecule has 4 rings (SSSR count). The second kappa shape index (κ2) is 11.9. The Labute approximate surface area is 227 Å². The summed E-state index contributed by atoms with van der Waals surface area (Å²) in [5.41, 5.74) is 5.82. The van der Waals surface area contributed by atoms with Gasteiger partial charge < -0.3 is 4.18 Å². The van der Waals surface area contributed by atoms with E-state index in [4.69, 9.17) is 27.4 Å². The number of nitrogens with one attached hydrogen (secondary N) is 1. The Bertz CT molecular complexity index is 1370. The molecule has 8 nitrogen and oxygen atoms in total. The number of hydrogen-bond donors (Lipinski definition) is 1. The highest BCUT2D eigenvalue weighted by Crippen LogP contribution is 2.33. The van der Waals surface area contributed by atoms with Crippen LogP contribution in [0, 0.1) is 6.92 Å². The first kappa shape index (κ1) is 27.4. The van der Waals surface area contributed by atoms with Gasteiger partial charge in [0.2, 0.25) is 0 Å². The normalized spacial score (nSPS) is 14.5. The highest BCUT2D eigenvalue weighted by molar-refractivity contribution is 7.87. The molecule has 0 bridgehead atoms. The zero-order valence-electron chi connectivity index (χ0n) is 20.8. The van der Waals surface area contributed by atoms with Crippen LogP contribution < -0.4 is 9.61 Å². The van der Waals surface area contributed by atoms with Gasteiger partial charge in [-0.2, -0.15) is 13.5 Å². The fourth-order valence-electron chi connectivity index (χ4n) is 4.26. The molecule has 1 fully saturated rings. The van der Waals surface area contributed by atoms with Crippen LogP contribution in [-0.4, -0.2) is 48.0 Å². The largest absolute Gasteiger partial charge is 0.382 e. The molecule has 3 aromatic rings. The number of carbonyl (C=O) groups excluding carboxylic acids is 1. The van der Waals surface area contributed by atoms with Crippen molar-refractivity contribution < 1.29 is 17.4 Å². The van der Waals surface area contributed by atoms with Gasteiger partial charge in [-0.1, -0.05) is 43.0 Å². The predicted octanol–water partition coefficient (Wildman–Crippen LogP) is 5.79. The van der Waals surface area contributed by atoms with E-state index in [0.717, 1.165) is 38.8 Å². The van der Waals surface area contributed by atoms with Crippen LogP contribution in [0.1, 0.15) is 55.1 Å². The van der Waals surface area contributed by atoms with Gasteiger partial charge in [-0.25, -0.2) is 9.69 Å². The van der Waals surface area contributed by atoms with E-state index in [9.17, 15) is 13.2 Å². The highest BCUT2D eigenvalue weighted by atomic mass is 35.5. The zero-order valence-corrected chi connectivity index (χ0v) is 23.2. The summed E-state index contributed by atoms with van der Waals surface area (Å²) < 4.78 is 31.3. The van der Waals surface area contributed by atoms with Gasteiger partial charge in [0.05, 0.1) is 22.2 Å². The van der Waals surface area contributed by atoms with Crippen molar-refractivity contribution in [2.45, 2.75) is 46.0 Å². The van der Waals surface area contributed by atoms with Gasteiger partial charge in [0.1, 0.15) is 5.75 Å². The molecule has 1 aromatic heterocycles. The molecule has 2 heterocycles. The number of rotatable bonds is 9. The zero-order chi connectivity index (χ0) is 26.6. The SMILES string of the molecule is CCCCS(=O)(=O)Oc1ccc(-c2c(C)c(C(=O)NN3CCCCC3)nn2-c2ccc(Cl)cc2Cl)cc1. The summed E-state index contributed by atoms with van der Waals surface area (Å²) in [5, 5.41) is 7.43. The lowest BCUT2D eigenvalue weighted by Gasteiger charge is -2.26. The summed E-state index contributed by atoms with van der Waals surface area (Å²) in [5.74, 6) is -0.121. The molecule has 0 spiro atoms. The van der Waals surface area contributed by atoms with Gasteiger partial charge in [0, 0.05) is 29.2 Å². The van der Waals surface area contributed by atoms with Crippen LogP contribution in [0.25, 0.3) is 16.9 Å². The van der Waals surface area contributed by atoms with E-state index < -0.39 is 10.1 Å². The highest BCUT2D eigenvalue weighted by Gasteiger charge is 2.25. The summed E-state index contributed by atoms with van der Waals surface area (Å²) in [6.07, 6.45) is 4.50. The van der Waals surface area contributed by atoms with E-state index >= 15 is 0 Å². The number of amides is 1. The summed E-state index contributed by atoms with van der Waals surface area (Å²) in [6.45, 7) is 5.34. The van der Waals surface area contributed by atoms with Crippen molar-refractivity contribution in [3.8, 4) is 22.7 Å². The Morgan fingerprint density at radius 1 is 1.08 bits per heavy atom. The molecule has 0 atom stereocenters. The molecule has 198 valence electrons. The van der Waals surface area contributed by atoms with Gasteiger partial charge in [-0.15, -0.1) is 0 Å². The fourth-order valence-corrected chi connectivity index (χ4v) is 5.88. The summed E-state index contributed by atoms with van der Waals surface area (Å²) >= 11 is 12.6. The smallest absolute Gasteiger partial charge is 0.309 e. The van der Waals surface area contributed by atoms with Crippen molar-refractivity contribution in [3.05, 3.63) is 63.8 Å². The van der Waals surface area contributed by atoms with Crippen LogP contribution >= 0.6 is 23.2 Å². The Morgan fingerprint density at radius 2 is 1.78 bits per heavy atom. The fraction of sp³-hybridized carbons (Fsp3) is 0.385. The first-order valence-corrected chi connectivity index (χ1v) is 14.7. The molecule has 0 aliphatic carbocycles. The van der Waals surface area contributed by atoms with E-state index in [1.807, 2.05) is 18.9 Å². The number of piperidine rings is 1. The molecule has 37 heavy (non-hydrogen) atoms. The molecule has 0 unspecified atom stereocenters. The molecule has 1 saturated heterocycles.